The Balaban J connectivity index is 0.000000172. The zero-order valence-corrected chi connectivity index (χ0v) is 17.4. The van der Waals surface area contributed by atoms with Crippen molar-refractivity contribution in [3.8, 4) is 0 Å². The van der Waals surface area contributed by atoms with Crippen LogP contribution in [0.2, 0.25) is 0 Å². The van der Waals surface area contributed by atoms with Crippen LogP contribution in [0.1, 0.15) is 39.5 Å². The first-order valence-electron chi connectivity index (χ1n) is 10.4. The van der Waals surface area contributed by atoms with Crippen molar-refractivity contribution in [2.45, 2.75) is 51.6 Å². The van der Waals surface area contributed by atoms with E-state index in [1.807, 2.05) is 24.3 Å². The highest BCUT2D eigenvalue weighted by atomic mass is 16.6. The molecule has 4 rings (SSSR count). The molecule has 0 saturated carbocycles. The number of non-ortho nitro benzene ring substituents is 2. The Morgan fingerprint density at radius 3 is 1.53 bits per heavy atom. The molecule has 2 unspecified atom stereocenters. The van der Waals surface area contributed by atoms with Crippen LogP contribution >= 0.6 is 0 Å². The summed E-state index contributed by atoms with van der Waals surface area (Å²) in [7, 11) is 0. The second-order valence-corrected chi connectivity index (χ2v) is 7.92. The first-order valence-corrected chi connectivity index (χ1v) is 10.4. The Morgan fingerprint density at radius 1 is 0.733 bits per heavy atom. The third kappa shape index (κ3) is 5.06. The van der Waals surface area contributed by atoms with E-state index >= 15 is 0 Å². The highest BCUT2D eigenvalue weighted by Crippen LogP contribution is 2.31. The van der Waals surface area contributed by atoms with Gasteiger partial charge >= 0.3 is 0 Å². The lowest BCUT2D eigenvalue weighted by Gasteiger charge is -2.28. The maximum atomic E-state index is 10.6. The van der Waals surface area contributed by atoms with Gasteiger partial charge in [0.05, 0.1) is 9.85 Å². The van der Waals surface area contributed by atoms with Crippen LogP contribution in [0.25, 0.3) is 0 Å². The van der Waals surface area contributed by atoms with Crippen LogP contribution in [0.3, 0.4) is 0 Å². The Morgan fingerprint density at radius 2 is 1.13 bits per heavy atom. The van der Waals surface area contributed by atoms with Gasteiger partial charge in [-0.25, -0.2) is 0 Å². The van der Waals surface area contributed by atoms with E-state index in [2.05, 4.69) is 23.6 Å². The van der Waals surface area contributed by atoms with Gasteiger partial charge in [-0.3, -0.25) is 20.2 Å². The quantitative estimate of drug-likeness (QED) is 0.508. The molecule has 2 aromatic carbocycles. The molecule has 2 saturated heterocycles. The van der Waals surface area contributed by atoms with E-state index < -0.39 is 0 Å². The van der Waals surface area contributed by atoms with E-state index in [-0.39, 0.29) is 21.2 Å². The van der Waals surface area contributed by atoms with Crippen LogP contribution in [0.4, 0.5) is 22.7 Å². The number of hydrogen-bond donors (Lipinski definition) is 0. The normalized spacial score (nSPS) is 20.6. The fourth-order valence-electron chi connectivity index (χ4n) is 4.21. The molecule has 2 heterocycles. The summed E-state index contributed by atoms with van der Waals surface area (Å²) in [6.07, 6.45) is 4.82. The lowest BCUT2D eigenvalue weighted by atomic mass is 10.2. The summed E-state index contributed by atoms with van der Waals surface area (Å²) in [4.78, 5) is 24.8. The second-order valence-electron chi connectivity index (χ2n) is 7.92. The highest BCUT2D eigenvalue weighted by Gasteiger charge is 2.27. The first-order chi connectivity index (χ1) is 14.4. The van der Waals surface area contributed by atoms with Crippen molar-refractivity contribution in [3.05, 3.63) is 68.8 Å². The molecule has 2 aromatic rings. The van der Waals surface area contributed by atoms with Crippen molar-refractivity contribution in [1.82, 2.24) is 0 Å². The van der Waals surface area contributed by atoms with E-state index in [9.17, 15) is 20.2 Å². The predicted octanol–water partition coefficient (Wildman–Crippen LogP) is 5.17. The highest BCUT2D eigenvalue weighted by molar-refractivity contribution is 5.53. The molecule has 0 bridgehead atoms. The maximum Gasteiger partial charge on any atom is 0.269 e. The molecule has 0 aliphatic carbocycles. The van der Waals surface area contributed by atoms with Gasteiger partial charge in [0.15, 0.2) is 0 Å². The molecule has 8 nitrogen and oxygen atoms in total. The molecule has 0 aromatic heterocycles. The summed E-state index contributed by atoms with van der Waals surface area (Å²) in [5.41, 5.74) is 2.49. The molecule has 0 radical (unpaired) electrons. The summed E-state index contributed by atoms with van der Waals surface area (Å²) in [6.45, 7) is 6.53. The minimum Gasteiger partial charge on any atom is -0.372 e. The van der Waals surface area contributed by atoms with E-state index in [1.54, 1.807) is 24.3 Å². The number of nitro benzene ring substituents is 2. The van der Waals surface area contributed by atoms with Gasteiger partial charge in [-0.15, -0.1) is 0 Å². The fourth-order valence-corrected chi connectivity index (χ4v) is 4.21. The van der Waals surface area contributed by atoms with E-state index in [0.717, 1.165) is 24.5 Å². The summed E-state index contributed by atoms with van der Waals surface area (Å²) < 4.78 is 0. The van der Waals surface area contributed by atoms with Crippen molar-refractivity contribution < 1.29 is 9.85 Å². The monoisotopic (exact) mass is 412 g/mol. The SMILES string of the molecule is CC1CCC(C)N1c1ccc([N+](=O)[O-])cc1.O=[N+]([O-])c1ccc(N2CCCC2)cc1. The Hall–Kier alpha value is -3.16. The smallest absolute Gasteiger partial charge is 0.269 e. The largest absolute Gasteiger partial charge is 0.372 e. The molecule has 2 atom stereocenters. The molecule has 0 amide bonds. The lowest BCUT2D eigenvalue weighted by Crippen LogP contribution is -2.32. The Labute approximate surface area is 176 Å². The van der Waals surface area contributed by atoms with Crippen molar-refractivity contribution in [2.75, 3.05) is 22.9 Å². The predicted molar refractivity (Wildman–Crippen MR) is 118 cm³/mol. The van der Waals surface area contributed by atoms with Gasteiger partial charge in [0.1, 0.15) is 0 Å². The third-order valence-corrected chi connectivity index (χ3v) is 5.84. The second kappa shape index (κ2) is 9.56. The zero-order valence-electron chi connectivity index (χ0n) is 17.4. The molecule has 8 heteroatoms. The average Bonchev–Trinajstić information content (AvgIpc) is 3.39. The number of benzene rings is 2. The van der Waals surface area contributed by atoms with Crippen LogP contribution < -0.4 is 9.80 Å². The van der Waals surface area contributed by atoms with Crippen molar-refractivity contribution in [1.29, 1.82) is 0 Å². The van der Waals surface area contributed by atoms with Gasteiger partial charge < -0.3 is 9.80 Å². The molecular formula is C22H28N4O4. The van der Waals surface area contributed by atoms with Gasteiger partial charge in [-0.2, -0.15) is 0 Å². The van der Waals surface area contributed by atoms with Crippen LogP contribution in [-0.4, -0.2) is 35.0 Å². The van der Waals surface area contributed by atoms with Crippen molar-refractivity contribution in [3.63, 3.8) is 0 Å². The van der Waals surface area contributed by atoms with Crippen molar-refractivity contribution in [2.24, 2.45) is 0 Å². The molecule has 160 valence electrons. The van der Waals surface area contributed by atoms with Gasteiger partial charge in [0.25, 0.3) is 11.4 Å². The van der Waals surface area contributed by atoms with E-state index in [4.69, 9.17) is 0 Å². The van der Waals surface area contributed by atoms with Gasteiger partial charge in [0.2, 0.25) is 0 Å². The molecule has 0 spiro atoms. The summed E-state index contributed by atoms with van der Waals surface area (Å²) >= 11 is 0. The summed E-state index contributed by atoms with van der Waals surface area (Å²) in [5.74, 6) is 0. The van der Waals surface area contributed by atoms with Gasteiger partial charge in [0, 0.05) is 60.8 Å². The molecular weight excluding hydrogens is 384 g/mol. The van der Waals surface area contributed by atoms with Crippen LogP contribution in [-0.2, 0) is 0 Å². The maximum absolute atomic E-state index is 10.6. The van der Waals surface area contributed by atoms with Crippen LogP contribution in [0.15, 0.2) is 48.5 Å². The molecule has 2 aliphatic heterocycles. The van der Waals surface area contributed by atoms with Gasteiger partial charge in [-0.1, -0.05) is 0 Å². The standard InChI is InChI=1S/C12H16N2O2.C10H12N2O2/c1-9-3-4-10(2)13(9)11-5-7-12(8-6-11)14(15)16;13-12(14)10-5-3-9(4-6-10)11-7-1-2-8-11/h5-10H,3-4H2,1-2H3;3-6H,1-2,7-8H2. The molecule has 0 N–H and O–H groups in total. The minimum atomic E-state index is -0.367. The number of nitro groups is 2. The molecule has 2 fully saturated rings. The topological polar surface area (TPSA) is 92.8 Å². The Bertz CT molecular complexity index is 854. The number of hydrogen-bond acceptors (Lipinski definition) is 6. The number of nitrogens with zero attached hydrogens (tertiary/aromatic N) is 4. The molecule has 2 aliphatic rings. The fraction of sp³-hybridized carbons (Fsp3) is 0.455. The summed E-state index contributed by atoms with van der Waals surface area (Å²) in [6, 6.07) is 14.7. The van der Waals surface area contributed by atoms with E-state index in [1.165, 1.54) is 25.7 Å². The number of rotatable bonds is 4. The number of anilines is 2. The lowest BCUT2D eigenvalue weighted by molar-refractivity contribution is -0.385. The summed E-state index contributed by atoms with van der Waals surface area (Å²) in [5, 5.41) is 21.0. The zero-order chi connectivity index (χ0) is 21.7. The Kier molecular flexibility index (Phi) is 6.87. The first kappa shape index (κ1) is 21.5. The molecule has 30 heavy (non-hydrogen) atoms. The van der Waals surface area contributed by atoms with Crippen LogP contribution in [0.5, 0.6) is 0 Å². The minimum absolute atomic E-state index is 0.156. The van der Waals surface area contributed by atoms with E-state index in [0.29, 0.717) is 12.1 Å². The third-order valence-electron chi connectivity index (χ3n) is 5.84. The van der Waals surface area contributed by atoms with Crippen LogP contribution in [0, 0.1) is 20.2 Å². The van der Waals surface area contributed by atoms with Crippen molar-refractivity contribution >= 4 is 22.7 Å². The van der Waals surface area contributed by atoms with Gasteiger partial charge in [-0.05, 0) is 63.8 Å². The average molecular weight is 412 g/mol.